The van der Waals surface area contributed by atoms with Crippen LogP contribution in [-0.2, 0) is 9.59 Å². The highest BCUT2D eigenvalue weighted by molar-refractivity contribution is 6.24. The average Bonchev–Trinajstić information content (AvgIpc) is 3.08. The summed E-state index contributed by atoms with van der Waals surface area (Å²) in [5, 5.41) is 6.09. The number of fused-ring (bicyclic) bond motifs is 1. The lowest BCUT2D eigenvalue weighted by atomic mass is 9.91. The van der Waals surface area contributed by atoms with Crippen molar-refractivity contribution in [1.82, 2.24) is 0 Å². The highest BCUT2D eigenvalue weighted by Crippen LogP contribution is 2.48. The molecule has 1 saturated heterocycles. The molecule has 2 aliphatic heterocycles. The predicted octanol–water partition coefficient (Wildman–Crippen LogP) is 2.59. The van der Waals surface area contributed by atoms with E-state index in [2.05, 4.69) is 10.2 Å². The molecule has 2 aliphatic rings. The summed E-state index contributed by atoms with van der Waals surface area (Å²) in [6.07, 6.45) is -5.91. The number of azo groups is 1. The Morgan fingerprint density at radius 2 is 1.60 bits per heavy atom. The van der Waals surface area contributed by atoms with E-state index in [1.165, 1.54) is 31.4 Å². The average molecular weight is 363 g/mol. The van der Waals surface area contributed by atoms with Crippen LogP contribution < -0.4 is 9.64 Å². The van der Waals surface area contributed by atoms with Gasteiger partial charge in [-0.3, -0.25) is 9.59 Å². The number of methoxy groups -OCH3 is 1. The Bertz CT molecular complexity index is 747. The number of alkyl halides is 5. The molecule has 3 rings (SSSR count). The van der Waals surface area contributed by atoms with E-state index in [4.69, 9.17) is 4.74 Å². The molecule has 0 radical (unpaired) electrons. The zero-order chi connectivity index (χ0) is 18.6. The van der Waals surface area contributed by atoms with Crippen molar-refractivity contribution in [3.63, 3.8) is 0 Å². The molecule has 6 nitrogen and oxygen atoms in total. The van der Waals surface area contributed by atoms with Crippen LogP contribution in [0, 0.1) is 5.92 Å². The van der Waals surface area contributed by atoms with Crippen molar-refractivity contribution in [2.75, 3.05) is 12.0 Å². The van der Waals surface area contributed by atoms with E-state index in [-0.39, 0.29) is 5.69 Å². The molecule has 1 aromatic carbocycles. The van der Waals surface area contributed by atoms with Crippen molar-refractivity contribution in [3.8, 4) is 5.75 Å². The summed E-state index contributed by atoms with van der Waals surface area (Å²) in [6, 6.07) is 0.985. The minimum atomic E-state index is -5.91. The second kappa shape index (κ2) is 5.46. The largest absolute Gasteiger partial charge is 0.497 e. The third-order valence-corrected chi connectivity index (χ3v) is 4.05. The van der Waals surface area contributed by atoms with E-state index in [1.54, 1.807) is 0 Å². The van der Waals surface area contributed by atoms with E-state index in [9.17, 15) is 31.5 Å². The highest BCUT2D eigenvalue weighted by Gasteiger charge is 2.71. The summed E-state index contributed by atoms with van der Waals surface area (Å²) in [5.41, 5.74) is 0.0227. The molecule has 0 spiro atoms. The van der Waals surface area contributed by atoms with Gasteiger partial charge < -0.3 is 4.74 Å². The molecule has 11 heteroatoms. The van der Waals surface area contributed by atoms with E-state index in [0.717, 1.165) is 0 Å². The van der Waals surface area contributed by atoms with Crippen LogP contribution in [0.2, 0.25) is 0 Å². The first-order valence-electron chi connectivity index (χ1n) is 6.96. The zero-order valence-corrected chi connectivity index (χ0v) is 12.5. The lowest BCUT2D eigenvalue weighted by Gasteiger charge is -2.26. The summed E-state index contributed by atoms with van der Waals surface area (Å²) < 4.78 is 69.9. The van der Waals surface area contributed by atoms with Crippen LogP contribution in [-0.4, -0.2) is 43.1 Å². The Hall–Kier alpha value is -2.59. The number of benzene rings is 1. The number of amides is 2. The molecule has 0 N–H and O–H groups in total. The van der Waals surface area contributed by atoms with Gasteiger partial charge in [-0.05, 0) is 24.3 Å². The maximum Gasteiger partial charge on any atom is 0.455 e. The minimum absolute atomic E-state index is 0.0227. The molecule has 2 heterocycles. The van der Waals surface area contributed by atoms with Crippen LogP contribution >= 0.6 is 0 Å². The van der Waals surface area contributed by atoms with E-state index in [0.29, 0.717) is 10.6 Å². The van der Waals surface area contributed by atoms with Crippen LogP contribution in [0.5, 0.6) is 5.75 Å². The van der Waals surface area contributed by atoms with Crippen LogP contribution in [0.3, 0.4) is 0 Å². The van der Waals surface area contributed by atoms with Crippen LogP contribution in [0.25, 0.3) is 0 Å². The van der Waals surface area contributed by atoms with Gasteiger partial charge in [0.15, 0.2) is 12.1 Å². The number of carbonyl (C=O) groups is 2. The van der Waals surface area contributed by atoms with Gasteiger partial charge in [0.05, 0.1) is 12.8 Å². The van der Waals surface area contributed by atoms with Crippen molar-refractivity contribution < 1.29 is 36.3 Å². The number of imide groups is 1. The lowest BCUT2D eigenvalue weighted by Crippen LogP contribution is -2.51. The molecule has 0 aliphatic carbocycles. The molecular formula is C14H10F5N3O3. The smallest absolute Gasteiger partial charge is 0.455 e. The number of ether oxygens (including phenoxy) is 1. The summed E-state index contributed by atoms with van der Waals surface area (Å²) in [4.78, 5) is 25.2. The van der Waals surface area contributed by atoms with Crippen LogP contribution in [0.15, 0.2) is 34.5 Å². The summed E-state index contributed by atoms with van der Waals surface area (Å²) in [5.74, 6) is -9.05. The fourth-order valence-corrected chi connectivity index (χ4v) is 2.77. The maximum absolute atomic E-state index is 13.6. The molecule has 2 amide bonds. The standard InChI is InChI=1S/C14H10F5N3O3/c1-25-7-4-2-6(3-5-7)22-11(23)8-9(12(22)24)20-21-10(8)13(15,16)14(17,18)19/h2-5,8-10H,1H3/t8-,9-,10-/m1/s1. The van der Waals surface area contributed by atoms with Crippen molar-refractivity contribution in [3.05, 3.63) is 24.3 Å². The third kappa shape index (κ3) is 2.45. The predicted molar refractivity (Wildman–Crippen MR) is 72.4 cm³/mol. The molecule has 1 fully saturated rings. The van der Waals surface area contributed by atoms with Crippen molar-refractivity contribution >= 4 is 17.5 Å². The first kappa shape index (κ1) is 17.2. The molecule has 0 unspecified atom stereocenters. The Kier molecular flexibility index (Phi) is 3.77. The quantitative estimate of drug-likeness (QED) is 0.612. The second-order valence-corrected chi connectivity index (χ2v) is 5.48. The van der Waals surface area contributed by atoms with Gasteiger partial charge in [-0.2, -0.15) is 32.2 Å². The summed E-state index contributed by atoms with van der Waals surface area (Å²) >= 11 is 0. The molecule has 0 bridgehead atoms. The zero-order valence-electron chi connectivity index (χ0n) is 12.5. The Labute approximate surface area is 137 Å². The van der Waals surface area contributed by atoms with Gasteiger partial charge in [0.1, 0.15) is 11.7 Å². The van der Waals surface area contributed by atoms with Gasteiger partial charge in [-0.25, -0.2) is 4.90 Å². The first-order chi connectivity index (χ1) is 11.6. The second-order valence-electron chi connectivity index (χ2n) is 5.48. The number of hydrogen-bond donors (Lipinski definition) is 0. The van der Waals surface area contributed by atoms with Gasteiger partial charge in [0, 0.05) is 0 Å². The van der Waals surface area contributed by atoms with Gasteiger partial charge >= 0.3 is 12.1 Å². The van der Waals surface area contributed by atoms with Gasteiger partial charge in [-0.15, -0.1) is 0 Å². The highest BCUT2D eigenvalue weighted by atomic mass is 19.4. The Morgan fingerprint density at radius 1 is 1.00 bits per heavy atom. The van der Waals surface area contributed by atoms with E-state index < -0.39 is 41.9 Å². The molecule has 0 saturated carbocycles. The molecular weight excluding hydrogens is 353 g/mol. The SMILES string of the molecule is COc1ccc(N2C(=O)[C@H]3[C@H](C(F)(F)C(F)(F)F)N=N[C@H]3C2=O)cc1. The molecule has 3 atom stereocenters. The van der Waals surface area contributed by atoms with Crippen LogP contribution in [0.1, 0.15) is 0 Å². The molecule has 1 aromatic rings. The summed E-state index contributed by atoms with van der Waals surface area (Å²) in [6.45, 7) is 0. The monoisotopic (exact) mass is 363 g/mol. The topological polar surface area (TPSA) is 71.3 Å². The number of rotatable bonds is 3. The number of hydrogen-bond acceptors (Lipinski definition) is 5. The molecule has 134 valence electrons. The normalized spacial score (nSPS) is 26.3. The van der Waals surface area contributed by atoms with Gasteiger partial charge in [0.2, 0.25) is 5.91 Å². The number of halogens is 5. The molecule has 0 aromatic heterocycles. The summed E-state index contributed by atoms with van der Waals surface area (Å²) in [7, 11) is 1.38. The van der Waals surface area contributed by atoms with Crippen molar-refractivity contribution in [2.24, 2.45) is 16.1 Å². The number of nitrogens with zero attached hydrogens (tertiary/aromatic N) is 3. The van der Waals surface area contributed by atoms with Crippen molar-refractivity contribution in [2.45, 2.75) is 24.2 Å². The van der Waals surface area contributed by atoms with E-state index >= 15 is 0 Å². The first-order valence-corrected chi connectivity index (χ1v) is 6.96. The number of anilines is 1. The lowest BCUT2D eigenvalue weighted by molar-refractivity contribution is -0.291. The Morgan fingerprint density at radius 3 is 2.12 bits per heavy atom. The van der Waals surface area contributed by atoms with Crippen LogP contribution in [0.4, 0.5) is 27.6 Å². The fourth-order valence-electron chi connectivity index (χ4n) is 2.77. The number of carbonyl (C=O) groups excluding carboxylic acids is 2. The van der Waals surface area contributed by atoms with Gasteiger partial charge in [0.25, 0.3) is 5.91 Å². The minimum Gasteiger partial charge on any atom is -0.497 e. The van der Waals surface area contributed by atoms with E-state index in [1.807, 2.05) is 0 Å². The molecule has 25 heavy (non-hydrogen) atoms. The van der Waals surface area contributed by atoms with Gasteiger partial charge in [-0.1, -0.05) is 0 Å². The third-order valence-electron chi connectivity index (χ3n) is 4.05. The maximum atomic E-state index is 13.6. The van der Waals surface area contributed by atoms with Crippen molar-refractivity contribution in [1.29, 1.82) is 0 Å². The Balaban J connectivity index is 1.95. The fraction of sp³-hybridized carbons (Fsp3) is 0.429.